The minimum absolute atomic E-state index is 0.0137. The maximum Gasteiger partial charge on any atom is 0.416 e. The van der Waals surface area contributed by atoms with E-state index in [0.717, 1.165) is 30.0 Å². The molecule has 4 rings (SSSR count). The lowest BCUT2D eigenvalue weighted by atomic mass is 10.1. The number of aromatic nitrogens is 2. The highest BCUT2D eigenvalue weighted by Crippen LogP contribution is 2.34. The van der Waals surface area contributed by atoms with Crippen LogP contribution in [0.1, 0.15) is 5.56 Å². The van der Waals surface area contributed by atoms with Gasteiger partial charge in [-0.1, -0.05) is 18.7 Å². The van der Waals surface area contributed by atoms with Crippen molar-refractivity contribution in [3.05, 3.63) is 89.5 Å². The quantitative estimate of drug-likeness (QED) is 0.189. The highest BCUT2D eigenvalue weighted by molar-refractivity contribution is 7.08. The summed E-state index contributed by atoms with van der Waals surface area (Å²) in [6.45, 7) is 3.38. The summed E-state index contributed by atoms with van der Waals surface area (Å²) in [7, 11) is 0. The molecule has 0 radical (unpaired) electrons. The van der Waals surface area contributed by atoms with Crippen molar-refractivity contribution >= 4 is 46.1 Å². The van der Waals surface area contributed by atoms with Crippen molar-refractivity contribution in [2.45, 2.75) is 6.18 Å². The summed E-state index contributed by atoms with van der Waals surface area (Å²) >= 11 is 1.46. The van der Waals surface area contributed by atoms with Gasteiger partial charge < -0.3 is 16.0 Å². The minimum Gasteiger partial charge on any atom is -0.337 e. The monoisotopic (exact) mass is 499 g/mol. The molecular formula is C24H17F4N5OS. The molecule has 0 unspecified atom stereocenters. The molecule has 2 heterocycles. The first kappa shape index (κ1) is 23.9. The van der Waals surface area contributed by atoms with Gasteiger partial charge in [-0.25, -0.2) is 9.37 Å². The lowest BCUT2D eigenvalue weighted by molar-refractivity contribution is -0.137. The first-order valence-corrected chi connectivity index (χ1v) is 11.0. The van der Waals surface area contributed by atoms with E-state index in [1.807, 2.05) is 16.8 Å². The molecule has 35 heavy (non-hydrogen) atoms. The van der Waals surface area contributed by atoms with Crippen LogP contribution < -0.4 is 16.0 Å². The summed E-state index contributed by atoms with van der Waals surface area (Å²) in [5, 5.41) is 12.1. The van der Waals surface area contributed by atoms with Gasteiger partial charge in [0.05, 0.1) is 16.9 Å². The molecule has 0 aliphatic carbocycles. The van der Waals surface area contributed by atoms with Crippen molar-refractivity contribution < 1.29 is 22.4 Å². The van der Waals surface area contributed by atoms with E-state index in [4.69, 9.17) is 0 Å². The lowest BCUT2D eigenvalue weighted by Gasteiger charge is -2.15. The van der Waals surface area contributed by atoms with Gasteiger partial charge in [0.25, 0.3) is 0 Å². The number of carbonyl (C=O) groups is 1. The second kappa shape index (κ2) is 9.94. The molecule has 2 aromatic carbocycles. The Balaban J connectivity index is 1.73. The number of halogens is 4. The van der Waals surface area contributed by atoms with E-state index >= 15 is 0 Å². The normalized spacial score (nSPS) is 11.1. The van der Waals surface area contributed by atoms with Crippen LogP contribution in [0.5, 0.6) is 0 Å². The zero-order chi connectivity index (χ0) is 25.0. The molecule has 0 aliphatic rings. The van der Waals surface area contributed by atoms with Crippen LogP contribution >= 0.6 is 11.3 Å². The van der Waals surface area contributed by atoms with Crippen LogP contribution in [0.25, 0.3) is 11.1 Å². The summed E-state index contributed by atoms with van der Waals surface area (Å²) < 4.78 is 53.6. The van der Waals surface area contributed by atoms with Crippen molar-refractivity contribution in [2.24, 2.45) is 0 Å². The smallest absolute Gasteiger partial charge is 0.337 e. The number of benzene rings is 2. The lowest BCUT2D eigenvalue weighted by Crippen LogP contribution is -2.08. The van der Waals surface area contributed by atoms with Gasteiger partial charge in [0.15, 0.2) is 0 Å². The SMILES string of the molecule is C=CC(=O)Nc1ccc(F)c(Nc2nc(Nc3ccsc3)ncc2-c2ccc(C(F)(F)F)cc2)c1. The summed E-state index contributed by atoms with van der Waals surface area (Å²) in [4.78, 5) is 20.3. The van der Waals surface area contributed by atoms with Gasteiger partial charge in [-0.05, 0) is 53.4 Å². The molecule has 6 nitrogen and oxygen atoms in total. The molecule has 0 fully saturated rings. The van der Waals surface area contributed by atoms with Crippen molar-refractivity contribution in [3.8, 4) is 11.1 Å². The Morgan fingerprint density at radius 1 is 1.03 bits per heavy atom. The first-order chi connectivity index (χ1) is 16.7. The summed E-state index contributed by atoms with van der Waals surface area (Å²) in [6, 6.07) is 10.2. The molecular weight excluding hydrogens is 482 g/mol. The molecule has 0 spiro atoms. The maximum atomic E-state index is 14.6. The molecule has 0 saturated carbocycles. The fourth-order valence-electron chi connectivity index (χ4n) is 3.07. The van der Waals surface area contributed by atoms with Crippen molar-refractivity contribution in [1.82, 2.24) is 9.97 Å². The van der Waals surface area contributed by atoms with E-state index in [9.17, 15) is 22.4 Å². The third-order valence-corrected chi connectivity index (χ3v) is 5.44. The second-order valence-electron chi connectivity index (χ2n) is 7.18. The third kappa shape index (κ3) is 5.82. The molecule has 0 atom stereocenters. The molecule has 1 amide bonds. The molecule has 11 heteroatoms. The van der Waals surface area contributed by atoms with E-state index in [2.05, 4.69) is 32.5 Å². The van der Waals surface area contributed by atoms with Gasteiger partial charge in [-0.2, -0.15) is 29.5 Å². The van der Waals surface area contributed by atoms with E-state index < -0.39 is 23.5 Å². The fourth-order valence-corrected chi connectivity index (χ4v) is 3.66. The van der Waals surface area contributed by atoms with Crippen LogP contribution in [0.3, 0.4) is 0 Å². The van der Waals surface area contributed by atoms with E-state index in [1.165, 1.54) is 41.8 Å². The van der Waals surface area contributed by atoms with Crippen LogP contribution in [-0.2, 0) is 11.0 Å². The minimum atomic E-state index is -4.48. The molecule has 4 aromatic rings. The van der Waals surface area contributed by atoms with E-state index in [1.54, 1.807) is 0 Å². The van der Waals surface area contributed by atoms with Gasteiger partial charge in [-0.3, -0.25) is 4.79 Å². The number of nitrogens with zero attached hydrogens (tertiary/aromatic N) is 2. The molecule has 3 N–H and O–H groups in total. The van der Waals surface area contributed by atoms with E-state index in [-0.39, 0.29) is 17.5 Å². The number of thiophene rings is 1. The third-order valence-electron chi connectivity index (χ3n) is 4.76. The van der Waals surface area contributed by atoms with Crippen molar-refractivity contribution in [1.29, 1.82) is 0 Å². The number of amides is 1. The van der Waals surface area contributed by atoms with Crippen LogP contribution in [0.4, 0.5) is 46.4 Å². The predicted molar refractivity (Wildman–Crippen MR) is 129 cm³/mol. The highest BCUT2D eigenvalue weighted by atomic mass is 32.1. The van der Waals surface area contributed by atoms with Gasteiger partial charge in [0, 0.05) is 22.8 Å². The number of nitrogens with one attached hydrogen (secondary N) is 3. The second-order valence-corrected chi connectivity index (χ2v) is 7.96. The highest BCUT2D eigenvalue weighted by Gasteiger charge is 2.30. The Labute approximate surface area is 201 Å². The molecule has 2 aromatic heterocycles. The molecule has 0 bridgehead atoms. The average molecular weight is 499 g/mol. The molecule has 0 saturated heterocycles. The Bertz CT molecular complexity index is 1360. The zero-order valence-electron chi connectivity index (χ0n) is 17.9. The number of anilines is 5. The Morgan fingerprint density at radius 3 is 2.46 bits per heavy atom. The predicted octanol–water partition coefficient (Wildman–Crippen LogP) is 6.97. The van der Waals surface area contributed by atoms with Gasteiger partial charge in [-0.15, -0.1) is 0 Å². The standard InChI is InChI=1S/C24H17F4N5OS/c1-2-21(34)30-16-7-8-19(25)20(11-16)32-22-18(14-3-5-15(6-4-14)24(26,27)28)12-29-23(33-22)31-17-9-10-35-13-17/h2-13H,1H2,(H,30,34)(H2,29,31,32,33). The largest absolute Gasteiger partial charge is 0.416 e. The first-order valence-electron chi connectivity index (χ1n) is 10.1. The van der Waals surface area contributed by atoms with Crippen molar-refractivity contribution in [2.75, 3.05) is 16.0 Å². The van der Waals surface area contributed by atoms with Gasteiger partial charge in [0.1, 0.15) is 11.6 Å². The van der Waals surface area contributed by atoms with Gasteiger partial charge >= 0.3 is 6.18 Å². The number of rotatable bonds is 7. The summed E-state index contributed by atoms with van der Waals surface area (Å²) in [5.41, 5.74) is 0.960. The van der Waals surface area contributed by atoms with Crippen LogP contribution in [0, 0.1) is 5.82 Å². The number of hydrogen-bond acceptors (Lipinski definition) is 6. The Morgan fingerprint density at radius 2 is 1.80 bits per heavy atom. The fraction of sp³-hybridized carbons (Fsp3) is 0.0417. The molecule has 178 valence electrons. The summed E-state index contributed by atoms with van der Waals surface area (Å²) in [6.07, 6.45) is -1.98. The van der Waals surface area contributed by atoms with E-state index in [0.29, 0.717) is 16.8 Å². The Hall–Kier alpha value is -4.25. The number of alkyl halides is 3. The topological polar surface area (TPSA) is 78.9 Å². The average Bonchev–Trinajstić information content (AvgIpc) is 3.34. The van der Waals surface area contributed by atoms with Crippen LogP contribution in [0.2, 0.25) is 0 Å². The maximum absolute atomic E-state index is 14.6. The molecule has 0 aliphatic heterocycles. The van der Waals surface area contributed by atoms with Crippen molar-refractivity contribution in [3.63, 3.8) is 0 Å². The Kier molecular flexibility index (Phi) is 6.78. The van der Waals surface area contributed by atoms with Crippen LogP contribution in [-0.4, -0.2) is 15.9 Å². The number of hydrogen-bond donors (Lipinski definition) is 3. The summed E-state index contributed by atoms with van der Waals surface area (Å²) in [5.74, 6) is -0.773. The van der Waals surface area contributed by atoms with Gasteiger partial charge in [0.2, 0.25) is 11.9 Å². The number of carbonyl (C=O) groups excluding carboxylic acids is 1. The van der Waals surface area contributed by atoms with Crippen LogP contribution in [0.15, 0.2) is 78.1 Å². The zero-order valence-corrected chi connectivity index (χ0v) is 18.7.